The topological polar surface area (TPSA) is 86.5 Å². The van der Waals surface area contributed by atoms with E-state index in [1.165, 1.54) is 0 Å². The molecule has 1 aliphatic rings. The van der Waals surface area contributed by atoms with E-state index in [1.807, 2.05) is 30.3 Å². The van der Waals surface area contributed by atoms with Crippen molar-refractivity contribution >= 4 is 15.8 Å². The van der Waals surface area contributed by atoms with Crippen molar-refractivity contribution in [3.63, 3.8) is 0 Å². The smallest absolute Gasteiger partial charge is 0.315 e. The number of hydrogen-bond acceptors (Lipinski definition) is 5. The molecule has 2 N–H and O–H groups in total. The van der Waals surface area contributed by atoms with Gasteiger partial charge in [-0.1, -0.05) is 37.3 Å². The average Bonchev–Trinajstić information content (AvgIpc) is 3.20. The van der Waals surface area contributed by atoms with Crippen molar-refractivity contribution in [2.24, 2.45) is 11.1 Å². The van der Waals surface area contributed by atoms with E-state index in [2.05, 4.69) is 0 Å². The van der Waals surface area contributed by atoms with Gasteiger partial charge in [0.15, 0.2) is 9.84 Å². The van der Waals surface area contributed by atoms with E-state index in [1.54, 1.807) is 13.8 Å². The second-order valence-corrected chi connectivity index (χ2v) is 7.64. The maximum absolute atomic E-state index is 12.4. The first-order valence-electron chi connectivity index (χ1n) is 7.09. The van der Waals surface area contributed by atoms with E-state index < -0.39 is 32.4 Å². The number of ether oxygens (including phenoxy) is 1. The van der Waals surface area contributed by atoms with Gasteiger partial charge in [-0.05, 0) is 12.5 Å². The molecule has 0 aromatic heterocycles. The first kappa shape index (κ1) is 16.0. The fraction of sp³-hybridized carbons (Fsp3) is 0.533. The molecular weight excluding hydrogens is 290 g/mol. The van der Waals surface area contributed by atoms with Crippen molar-refractivity contribution in [1.29, 1.82) is 0 Å². The Hall–Kier alpha value is -1.40. The summed E-state index contributed by atoms with van der Waals surface area (Å²) in [6, 6.07) is 9.17. The van der Waals surface area contributed by atoms with E-state index in [4.69, 9.17) is 10.5 Å². The average molecular weight is 311 g/mol. The van der Waals surface area contributed by atoms with Gasteiger partial charge in [0.05, 0.1) is 11.9 Å². The molecule has 0 amide bonds. The Morgan fingerprint density at radius 3 is 2.38 bits per heavy atom. The van der Waals surface area contributed by atoms with Crippen molar-refractivity contribution < 1.29 is 17.9 Å². The van der Waals surface area contributed by atoms with Crippen LogP contribution in [-0.2, 0) is 19.4 Å². The molecule has 1 aromatic rings. The standard InChI is InChI=1S/C15H21NO4S/c1-3-20-14(17)15(10-16)12(11-8-6-5-7-9-11)13(15)21(18,19)4-2/h5-9,12-13H,3-4,10,16H2,1-2H3/t12-,13+,15-/m1/s1. The molecule has 0 radical (unpaired) electrons. The summed E-state index contributed by atoms with van der Waals surface area (Å²) in [5, 5.41) is -0.790. The third-order valence-corrected chi connectivity index (χ3v) is 6.47. The first-order valence-corrected chi connectivity index (χ1v) is 8.81. The third kappa shape index (κ3) is 2.46. The molecule has 0 spiro atoms. The monoisotopic (exact) mass is 311 g/mol. The maximum Gasteiger partial charge on any atom is 0.315 e. The summed E-state index contributed by atoms with van der Waals surface area (Å²) >= 11 is 0. The molecule has 0 heterocycles. The minimum Gasteiger partial charge on any atom is -0.465 e. The molecule has 0 unspecified atom stereocenters. The first-order chi connectivity index (χ1) is 9.95. The molecule has 116 valence electrons. The van der Waals surface area contributed by atoms with Crippen molar-refractivity contribution in [3.8, 4) is 0 Å². The molecule has 3 atom stereocenters. The van der Waals surface area contributed by atoms with Crippen LogP contribution >= 0.6 is 0 Å². The maximum atomic E-state index is 12.4. The van der Waals surface area contributed by atoms with E-state index in [0.717, 1.165) is 5.56 Å². The molecule has 1 fully saturated rings. The van der Waals surface area contributed by atoms with Gasteiger partial charge in [-0.25, -0.2) is 8.42 Å². The van der Waals surface area contributed by atoms with E-state index in [0.29, 0.717) is 0 Å². The third-order valence-electron chi connectivity index (χ3n) is 4.20. The highest BCUT2D eigenvalue weighted by molar-refractivity contribution is 7.92. The number of sulfone groups is 1. The molecule has 21 heavy (non-hydrogen) atoms. The number of nitrogens with two attached hydrogens (primary N) is 1. The van der Waals surface area contributed by atoms with Crippen LogP contribution < -0.4 is 5.73 Å². The Balaban J connectivity index is 2.48. The minimum absolute atomic E-state index is 0.0118. The van der Waals surface area contributed by atoms with Crippen molar-refractivity contribution in [2.75, 3.05) is 18.9 Å². The molecule has 0 aliphatic heterocycles. The quantitative estimate of drug-likeness (QED) is 0.795. The van der Waals surface area contributed by atoms with Gasteiger partial charge in [-0.2, -0.15) is 0 Å². The van der Waals surface area contributed by atoms with E-state index in [-0.39, 0.29) is 18.9 Å². The molecule has 0 saturated heterocycles. The summed E-state index contributed by atoms with van der Waals surface area (Å²) in [5.74, 6) is -0.946. The number of benzene rings is 1. The molecule has 5 nitrogen and oxygen atoms in total. The van der Waals surface area contributed by atoms with Gasteiger partial charge in [0.1, 0.15) is 5.41 Å². The minimum atomic E-state index is -3.39. The summed E-state index contributed by atoms with van der Waals surface area (Å²) in [6.45, 7) is 3.46. The van der Waals surface area contributed by atoms with Gasteiger partial charge in [0.2, 0.25) is 0 Å². The summed E-state index contributed by atoms with van der Waals surface area (Å²) in [7, 11) is -3.39. The second kappa shape index (κ2) is 5.77. The lowest BCUT2D eigenvalue weighted by molar-refractivity contribution is -0.149. The van der Waals surface area contributed by atoms with Crippen molar-refractivity contribution in [1.82, 2.24) is 0 Å². The fourth-order valence-corrected chi connectivity index (χ4v) is 5.15. The number of esters is 1. The zero-order valence-corrected chi connectivity index (χ0v) is 13.1. The molecule has 1 aliphatic carbocycles. The molecular formula is C15H21NO4S. The van der Waals surface area contributed by atoms with Crippen LogP contribution in [0.4, 0.5) is 0 Å². The van der Waals surface area contributed by atoms with E-state index in [9.17, 15) is 13.2 Å². The van der Waals surface area contributed by atoms with Crippen LogP contribution in [-0.4, -0.2) is 38.5 Å². The van der Waals surface area contributed by atoms with Crippen molar-refractivity contribution in [2.45, 2.75) is 25.0 Å². The van der Waals surface area contributed by atoms with Crippen LogP contribution in [0, 0.1) is 5.41 Å². The van der Waals surface area contributed by atoms with Gasteiger partial charge < -0.3 is 10.5 Å². The molecule has 2 rings (SSSR count). The largest absolute Gasteiger partial charge is 0.465 e. The van der Waals surface area contributed by atoms with Crippen LogP contribution in [0.2, 0.25) is 0 Å². The summed E-state index contributed by atoms with van der Waals surface area (Å²) in [5.41, 5.74) is 5.48. The summed E-state index contributed by atoms with van der Waals surface area (Å²) in [6.07, 6.45) is 0. The zero-order valence-electron chi connectivity index (χ0n) is 12.3. The lowest BCUT2D eigenvalue weighted by Gasteiger charge is -2.14. The predicted octanol–water partition coefficient (Wildman–Crippen LogP) is 1.10. The predicted molar refractivity (Wildman–Crippen MR) is 80.6 cm³/mol. The number of rotatable bonds is 6. The van der Waals surface area contributed by atoms with Crippen LogP contribution in [0.1, 0.15) is 25.3 Å². The SMILES string of the molecule is CCOC(=O)[C@]1(CN)[C@H](c2ccccc2)[C@@H]1S(=O)(=O)CC. The lowest BCUT2D eigenvalue weighted by atomic mass is 9.99. The van der Waals surface area contributed by atoms with E-state index >= 15 is 0 Å². The highest BCUT2D eigenvalue weighted by Gasteiger charge is 2.74. The van der Waals surface area contributed by atoms with Crippen LogP contribution in [0.3, 0.4) is 0 Å². The van der Waals surface area contributed by atoms with Gasteiger partial charge >= 0.3 is 5.97 Å². The Labute approximate surface area is 125 Å². The highest BCUT2D eigenvalue weighted by Crippen LogP contribution is 2.63. The Kier molecular flexibility index (Phi) is 4.39. The van der Waals surface area contributed by atoms with Gasteiger partial charge in [-0.3, -0.25) is 4.79 Å². The zero-order chi connectivity index (χ0) is 15.7. The van der Waals surface area contributed by atoms with Crippen molar-refractivity contribution in [3.05, 3.63) is 35.9 Å². The Morgan fingerprint density at radius 1 is 1.29 bits per heavy atom. The van der Waals surface area contributed by atoms with Crippen LogP contribution in [0.5, 0.6) is 0 Å². The van der Waals surface area contributed by atoms with Gasteiger partial charge in [0.25, 0.3) is 0 Å². The van der Waals surface area contributed by atoms with Gasteiger partial charge in [0, 0.05) is 18.2 Å². The normalized spacial score (nSPS) is 28.1. The molecule has 1 saturated carbocycles. The molecule has 6 heteroatoms. The lowest BCUT2D eigenvalue weighted by Crippen LogP contribution is -2.34. The second-order valence-electron chi connectivity index (χ2n) is 5.23. The number of carbonyl (C=O) groups is 1. The summed E-state index contributed by atoms with van der Waals surface area (Å²) < 4.78 is 29.8. The molecule has 1 aromatic carbocycles. The summed E-state index contributed by atoms with van der Waals surface area (Å²) in [4.78, 5) is 12.3. The fourth-order valence-electron chi connectivity index (χ4n) is 3.08. The van der Waals surface area contributed by atoms with Gasteiger partial charge in [-0.15, -0.1) is 0 Å². The Morgan fingerprint density at radius 2 is 1.90 bits per heavy atom. The Bertz CT molecular complexity index is 614. The number of hydrogen-bond donors (Lipinski definition) is 1. The molecule has 0 bridgehead atoms. The van der Waals surface area contributed by atoms with Crippen LogP contribution in [0.15, 0.2) is 30.3 Å². The highest BCUT2D eigenvalue weighted by atomic mass is 32.2. The number of carbonyl (C=O) groups excluding carboxylic acids is 1. The van der Waals surface area contributed by atoms with Crippen LogP contribution in [0.25, 0.3) is 0 Å².